The van der Waals surface area contributed by atoms with E-state index >= 15 is 4.39 Å². The largest absolute Gasteiger partial charge is 0.456 e. The van der Waals surface area contributed by atoms with Gasteiger partial charge in [0.1, 0.15) is 41.8 Å². The molecule has 0 radical (unpaired) electrons. The van der Waals surface area contributed by atoms with Gasteiger partial charge in [-0.1, -0.05) is 39.0 Å². The number of alkyl carbamates (subject to hydrolysis) is 1. The zero-order valence-corrected chi connectivity index (χ0v) is 37.1. The van der Waals surface area contributed by atoms with Crippen LogP contribution in [0.25, 0.3) is 0 Å². The van der Waals surface area contributed by atoms with Gasteiger partial charge in [0.05, 0.1) is 36.8 Å². The molecule has 5 fully saturated rings. The Morgan fingerprint density at radius 1 is 1.06 bits per heavy atom. The van der Waals surface area contributed by atoms with Gasteiger partial charge >= 0.3 is 24.0 Å². The van der Waals surface area contributed by atoms with E-state index in [9.17, 15) is 34.5 Å². The molecular formula is C45H63FN2O14. The molecule has 3 aliphatic heterocycles. The van der Waals surface area contributed by atoms with Gasteiger partial charge in [0.2, 0.25) is 0 Å². The van der Waals surface area contributed by atoms with Gasteiger partial charge in [-0.15, -0.1) is 0 Å². The number of hydrogen-bond donors (Lipinski definition) is 4. The number of fused-ring (bicyclic) bond motifs is 8. The van der Waals surface area contributed by atoms with Gasteiger partial charge in [-0.05, 0) is 77.2 Å². The first-order valence-electron chi connectivity index (χ1n) is 21.7. The van der Waals surface area contributed by atoms with Crippen molar-refractivity contribution in [3.63, 3.8) is 0 Å². The molecule has 16 nitrogen and oxygen atoms in total. The molecule has 4 N–H and O–H groups in total. The van der Waals surface area contributed by atoms with Gasteiger partial charge in [-0.3, -0.25) is 9.69 Å². The second kappa shape index (κ2) is 16.7. The summed E-state index contributed by atoms with van der Waals surface area (Å²) in [4.78, 5) is 56.3. The first-order chi connectivity index (χ1) is 29.0. The smallest absolute Gasteiger partial charge is 0.408 e. The SMILES string of the molecule is CC(=O)O[C@@]12CO[C@@H]1CC[C@@]1(C)[C@@H]3O[C@H](CN4CC[C@H]4CO)O[C@@H]3C3=C(C)[C@@H](OC(=O)[C@H](O)[C@@H](NC(=O)OC(C)(C)C)[C@H](C)F)C[C@@](O)([C@@H](OC(=O)c4ccccc4)[C@@H]12)C3(C)C. The Balaban J connectivity index is 1.37. The number of aliphatic hydroxyl groups excluding tert-OH is 2. The molecule has 1 aromatic carbocycles. The highest BCUT2D eigenvalue weighted by Crippen LogP contribution is 2.66. The van der Waals surface area contributed by atoms with Crippen LogP contribution in [-0.4, -0.2) is 148 Å². The molecule has 0 aromatic heterocycles. The molecule has 2 bridgehead atoms. The third-order valence-corrected chi connectivity index (χ3v) is 14.4. The molecule has 3 heterocycles. The lowest BCUT2D eigenvalue weighted by atomic mass is 9.45. The number of hydrogen-bond acceptors (Lipinski definition) is 15. The third kappa shape index (κ3) is 7.93. The van der Waals surface area contributed by atoms with Crippen LogP contribution in [0, 0.1) is 16.7 Å². The molecule has 14 atom stereocenters. The Hall–Kier alpha value is -3.71. The molecule has 62 heavy (non-hydrogen) atoms. The topological polar surface area (TPSA) is 209 Å². The molecule has 1 amide bonds. The highest BCUT2D eigenvalue weighted by atomic mass is 19.1. The second-order valence-corrected chi connectivity index (χ2v) is 19.8. The summed E-state index contributed by atoms with van der Waals surface area (Å²) in [6.45, 7) is 15.4. The Morgan fingerprint density at radius 3 is 2.32 bits per heavy atom. The van der Waals surface area contributed by atoms with E-state index in [1.54, 1.807) is 71.9 Å². The number of carbonyl (C=O) groups excluding carboxylic acids is 4. The number of amides is 1. The van der Waals surface area contributed by atoms with Crippen molar-refractivity contribution in [1.29, 1.82) is 0 Å². The first-order valence-corrected chi connectivity index (χ1v) is 21.7. The lowest BCUT2D eigenvalue weighted by Crippen LogP contribution is -2.79. The van der Waals surface area contributed by atoms with E-state index < -0.39 is 119 Å². The van der Waals surface area contributed by atoms with Crippen LogP contribution < -0.4 is 5.32 Å². The van der Waals surface area contributed by atoms with E-state index in [2.05, 4.69) is 10.2 Å². The quantitative estimate of drug-likeness (QED) is 0.143. The zero-order chi connectivity index (χ0) is 45.3. The summed E-state index contributed by atoms with van der Waals surface area (Å²) in [6.07, 6.45) is -9.94. The fourth-order valence-corrected chi connectivity index (χ4v) is 11.1. The van der Waals surface area contributed by atoms with E-state index in [0.29, 0.717) is 37.1 Å². The van der Waals surface area contributed by atoms with Crippen LogP contribution in [0.3, 0.4) is 0 Å². The minimum atomic E-state index is -2.22. The number of likely N-dealkylation sites (tertiary alicyclic amines) is 1. The molecule has 6 aliphatic rings. The predicted molar refractivity (Wildman–Crippen MR) is 217 cm³/mol. The second-order valence-electron chi connectivity index (χ2n) is 19.8. The fourth-order valence-electron chi connectivity index (χ4n) is 11.1. The molecule has 0 unspecified atom stereocenters. The van der Waals surface area contributed by atoms with Crippen molar-refractivity contribution in [1.82, 2.24) is 10.2 Å². The average molecular weight is 875 g/mol. The van der Waals surface area contributed by atoms with Gasteiger partial charge in [-0.25, -0.2) is 18.8 Å². The lowest BCUT2D eigenvalue weighted by Gasteiger charge is -2.68. The maximum Gasteiger partial charge on any atom is 0.408 e. The molecule has 3 aliphatic carbocycles. The predicted octanol–water partition coefficient (Wildman–Crippen LogP) is 3.52. The number of carbonyl (C=O) groups is 4. The molecule has 3 saturated heterocycles. The molecule has 7 rings (SSSR count). The maximum atomic E-state index is 15.1. The minimum Gasteiger partial charge on any atom is -0.456 e. The summed E-state index contributed by atoms with van der Waals surface area (Å²) in [7, 11) is 0. The van der Waals surface area contributed by atoms with Crippen LogP contribution in [0.1, 0.15) is 98.4 Å². The number of halogens is 1. The molecule has 2 saturated carbocycles. The maximum absolute atomic E-state index is 15.1. The van der Waals surface area contributed by atoms with E-state index in [4.69, 9.17) is 33.2 Å². The van der Waals surface area contributed by atoms with E-state index in [1.807, 2.05) is 6.92 Å². The number of nitrogens with zero attached hydrogens (tertiary/aromatic N) is 1. The summed E-state index contributed by atoms with van der Waals surface area (Å²) >= 11 is 0. The van der Waals surface area contributed by atoms with Gasteiger partial charge in [0.25, 0.3) is 0 Å². The van der Waals surface area contributed by atoms with E-state index in [1.165, 1.54) is 6.92 Å². The van der Waals surface area contributed by atoms with Crippen molar-refractivity contribution < 1.29 is 72.0 Å². The van der Waals surface area contributed by atoms with Crippen LogP contribution in [0.4, 0.5) is 9.18 Å². The Labute approximate surface area is 361 Å². The van der Waals surface area contributed by atoms with Crippen LogP contribution in [0.5, 0.6) is 0 Å². The molecule has 344 valence electrons. The van der Waals surface area contributed by atoms with Crippen molar-refractivity contribution in [2.75, 3.05) is 26.3 Å². The monoisotopic (exact) mass is 874 g/mol. The minimum absolute atomic E-state index is 0.0430. The third-order valence-electron chi connectivity index (χ3n) is 14.4. The number of nitrogens with one attached hydrogen (secondary N) is 1. The fraction of sp³-hybridized carbons (Fsp3) is 0.733. The van der Waals surface area contributed by atoms with Crippen molar-refractivity contribution in [2.24, 2.45) is 16.7 Å². The number of aliphatic hydroxyl groups is 3. The summed E-state index contributed by atoms with van der Waals surface area (Å²) in [5, 5.41) is 37.4. The van der Waals surface area contributed by atoms with Crippen molar-refractivity contribution >= 4 is 24.0 Å². The number of benzene rings is 1. The van der Waals surface area contributed by atoms with Crippen molar-refractivity contribution in [3.05, 3.63) is 47.0 Å². The lowest BCUT2D eigenvalue weighted by molar-refractivity contribution is -0.345. The van der Waals surface area contributed by atoms with Crippen LogP contribution in [0.2, 0.25) is 0 Å². The Morgan fingerprint density at radius 2 is 1.76 bits per heavy atom. The van der Waals surface area contributed by atoms with Gasteiger partial charge < -0.3 is 53.8 Å². The first kappa shape index (κ1) is 46.3. The normalized spacial score (nSPS) is 37.6. The summed E-state index contributed by atoms with van der Waals surface area (Å²) in [5.41, 5.74) is -5.73. The number of rotatable bonds is 11. The number of alkyl halides is 1. The highest BCUT2D eigenvalue weighted by molar-refractivity contribution is 5.89. The number of esters is 3. The van der Waals surface area contributed by atoms with Gasteiger partial charge in [0.15, 0.2) is 18.0 Å². The van der Waals surface area contributed by atoms with Crippen molar-refractivity contribution in [3.8, 4) is 0 Å². The highest BCUT2D eigenvalue weighted by Gasteiger charge is 2.77. The van der Waals surface area contributed by atoms with Crippen LogP contribution >= 0.6 is 0 Å². The van der Waals surface area contributed by atoms with Crippen molar-refractivity contribution in [2.45, 2.75) is 166 Å². The summed E-state index contributed by atoms with van der Waals surface area (Å²) in [5.74, 6) is -3.66. The average Bonchev–Trinajstić information content (AvgIpc) is 3.58. The van der Waals surface area contributed by atoms with E-state index in [0.717, 1.165) is 13.3 Å². The Kier molecular flexibility index (Phi) is 12.5. The summed E-state index contributed by atoms with van der Waals surface area (Å²) < 4.78 is 59.4. The Bertz CT molecular complexity index is 1920. The standard InChI is InChI=1S/C45H63FN2O14/c1-23-28(57-39(53)33(51)32(24(2)46)47-40(54)62-41(4,5)6)19-45(55)37(60-38(52)26-13-11-10-12-14-26)35-43(9,17-15-29-44(35,22-56-29)61-25(3)50)36-34(31(23)42(45,7)8)58-30(59-36)20-48-18-16-27(48)21-49/h10-14,24,27-30,32-37,49,51,55H,15-22H2,1-9H3,(H,47,54)/t24-,27-,28-,29+,30+,32-,33+,34+,35-,36+,37-,43+,44-,45+/m0/s1. The van der Waals surface area contributed by atoms with Crippen LogP contribution in [0.15, 0.2) is 41.5 Å². The molecule has 17 heteroatoms. The number of ether oxygens (including phenoxy) is 7. The zero-order valence-electron chi connectivity index (χ0n) is 37.1. The molecular weight excluding hydrogens is 811 g/mol. The molecule has 0 spiro atoms. The van der Waals surface area contributed by atoms with E-state index in [-0.39, 0.29) is 24.8 Å². The summed E-state index contributed by atoms with van der Waals surface area (Å²) in [6, 6.07) is 6.41. The van der Waals surface area contributed by atoms with Crippen LogP contribution in [-0.2, 0) is 42.7 Å². The van der Waals surface area contributed by atoms with Gasteiger partial charge in [-0.2, -0.15) is 0 Å². The molecule has 1 aromatic rings. The van der Waals surface area contributed by atoms with Gasteiger partial charge in [0, 0.05) is 43.3 Å².